The van der Waals surface area contributed by atoms with Gasteiger partial charge >= 0.3 is 0 Å². The lowest BCUT2D eigenvalue weighted by molar-refractivity contribution is 0.377. The molecule has 0 amide bonds. The van der Waals surface area contributed by atoms with Gasteiger partial charge in [0.25, 0.3) is 0 Å². The summed E-state index contributed by atoms with van der Waals surface area (Å²) in [6.07, 6.45) is 5.97. The maximum atomic E-state index is 10.1. The van der Waals surface area contributed by atoms with Crippen molar-refractivity contribution in [1.82, 2.24) is 0 Å². The fraction of sp³-hybridized carbons (Fsp3) is 0.526. The minimum absolute atomic E-state index is 0.110. The van der Waals surface area contributed by atoms with Crippen LogP contribution in [-0.4, -0.2) is 5.11 Å². The zero-order valence-corrected chi connectivity index (χ0v) is 13.7. The van der Waals surface area contributed by atoms with Gasteiger partial charge < -0.3 is 5.11 Å². The maximum Gasteiger partial charge on any atom is 0.123 e. The standard InChI is InChI=1S/C19H28O/c1-18(2,3)12-7-8-16-10-9-15(14-17(16)20)11-13-19(4,5)6/h8-10,12,14,20H,11,13H2,1-6H3. The molecule has 1 rings (SSSR count). The molecule has 1 aromatic carbocycles. The van der Waals surface area contributed by atoms with E-state index in [0.717, 1.165) is 18.4 Å². The van der Waals surface area contributed by atoms with Crippen LogP contribution < -0.4 is 0 Å². The van der Waals surface area contributed by atoms with Crippen LogP contribution in [0.3, 0.4) is 0 Å². The van der Waals surface area contributed by atoms with Gasteiger partial charge in [-0.3, -0.25) is 0 Å². The van der Waals surface area contributed by atoms with Crippen molar-refractivity contribution in [3.63, 3.8) is 0 Å². The van der Waals surface area contributed by atoms with Crippen LogP contribution in [-0.2, 0) is 6.42 Å². The molecule has 0 bridgehead atoms. The Balaban J connectivity index is 2.81. The Morgan fingerprint density at radius 1 is 1.10 bits per heavy atom. The van der Waals surface area contributed by atoms with E-state index in [0.29, 0.717) is 11.2 Å². The van der Waals surface area contributed by atoms with Crippen LogP contribution in [0.5, 0.6) is 5.75 Å². The molecule has 0 saturated heterocycles. The number of benzene rings is 1. The van der Waals surface area contributed by atoms with Crippen LogP contribution in [0.1, 0.15) is 59.1 Å². The lowest BCUT2D eigenvalue weighted by Crippen LogP contribution is -2.06. The van der Waals surface area contributed by atoms with E-state index in [1.165, 1.54) is 5.56 Å². The summed E-state index contributed by atoms with van der Waals surface area (Å²) < 4.78 is 0. The molecule has 0 spiro atoms. The summed E-state index contributed by atoms with van der Waals surface area (Å²) >= 11 is 0. The Bertz CT molecular complexity index is 504. The van der Waals surface area contributed by atoms with Crippen LogP contribution in [0, 0.1) is 10.8 Å². The van der Waals surface area contributed by atoms with E-state index in [-0.39, 0.29) is 5.41 Å². The molecule has 0 unspecified atom stereocenters. The van der Waals surface area contributed by atoms with Crippen molar-refractivity contribution >= 4 is 6.08 Å². The molecule has 0 aromatic heterocycles. The molecule has 0 atom stereocenters. The summed E-state index contributed by atoms with van der Waals surface area (Å²) in [5.74, 6) is 0.339. The highest BCUT2D eigenvalue weighted by Gasteiger charge is 2.10. The number of phenols is 1. The molecule has 0 aliphatic carbocycles. The van der Waals surface area contributed by atoms with Gasteiger partial charge in [0.05, 0.1) is 0 Å². The number of phenolic OH excluding ortho intramolecular Hbond substituents is 1. The first-order chi connectivity index (χ1) is 9.07. The lowest BCUT2D eigenvalue weighted by Gasteiger charge is -2.17. The van der Waals surface area contributed by atoms with Gasteiger partial charge in [-0.15, -0.1) is 5.73 Å². The number of allylic oxidation sites excluding steroid dienone is 1. The monoisotopic (exact) mass is 272 g/mol. The van der Waals surface area contributed by atoms with E-state index in [1.54, 1.807) is 0 Å². The van der Waals surface area contributed by atoms with Crippen LogP contribution in [0.15, 0.2) is 30.0 Å². The van der Waals surface area contributed by atoms with Gasteiger partial charge in [0.2, 0.25) is 0 Å². The molecule has 0 heterocycles. The molecule has 0 aliphatic heterocycles. The Morgan fingerprint density at radius 3 is 2.25 bits per heavy atom. The molecule has 1 aromatic rings. The highest BCUT2D eigenvalue weighted by Crippen LogP contribution is 2.25. The van der Waals surface area contributed by atoms with Crippen LogP contribution in [0.2, 0.25) is 0 Å². The molecule has 0 aliphatic rings. The summed E-state index contributed by atoms with van der Waals surface area (Å²) in [5, 5.41) is 10.1. The van der Waals surface area contributed by atoms with Gasteiger partial charge in [0, 0.05) is 5.56 Å². The van der Waals surface area contributed by atoms with Gasteiger partial charge in [0.15, 0.2) is 0 Å². The van der Waals surface area contributed by atoms with E-state index in [2.05, 4.69) is 53.3 Å². The predicted octanol–water partition coefficient (Wildman–Crippen LogP) is 5.59. The van der Waals surface area contributed by atoms with E-state index in [4.69, 9.17) is 0 Å². The molecule has 0 radical (unpaired) electrons. The smallest absolute Gasteiger partial charge is 0.123 e. The summed E-state index contributed by atoms with van der Waals surface area (Å²) in [5.41, 5.74) is 5.59. The normalized spacial score (nSPS) is 11.9. The zero-order chi connectivity index (χ0) is 15.4. The molecule has 0 fully saturated rings. The molecular weight excluding hydrogens is 244 g/mol. The molecule has 20 heavy (non-hydrogen) atoms. The summed E-state index contributed by atoms with van der Waals surface area (Å²) in [6.45, 7) is 13.1. The molecule has 110 valence electrons. The van der Waals surface area contributed by atoms with E-state index in [1.807, 2.05) is 24.3 Å². The first-order valence-corrected chi connectivity index (χ1v) is 7.32. The number of aromatic hydroxyl groups is 1. The number of aryl methyl sites for hydroxylation is 1. The highest BCUT2D eigenvalue weighted by molar-refractivity contribution is 5.57. The van der Waals surface area contributed by atoms with Gasteiger partial charge in [-0.2, -0.15) is 0 Å². The van der Waals surface area contributed by atoms with Crippen molar-refractivity contribution in [2.45, 2.75) is 54.4 Å². The summed E-state index contributed by atoms with van der Waals surface area (Å²) in [7, 11) is 0. The minimum atomic E-state index is 0.110. The third-order valence-electron chi connectivity index (χ3n) is 3.01. The van der Waals surface area contributed by atoms with Crippen molar-refractivity contribution in [3.8, 4) is 5.75 Å². The van der Waals surface area contributed by atoms with Crippen LogP contribution in [0.25, 0.3) is 6.08 Å². The Kier molecular flexibility index (Phi) is 5.25. The lowest BCUT2D eigenvalue weighted by atomic mass is 9.88. The number of rotatable bonds is 3. The van der Waals surface area contributed by atoms with Crippen molar-refractivity contribution in [2.75, 3.05) is 0 Å². The van der Waals surface area contributed by atoms with E-state index >= 15 is 0 Å². The van der Waals surface area contributed by atoms with Gasteiger partial charge in [-0.25, -0.2) is 0 Å². The summed E-state index contributed by atoms with van der Waals surface area (Å²) in [4.78, 5) is 0. The fourth-order valence-corrected chi connectivity index (χ4v) is 1.77. The van der Waals surface area contributed by atoms with E-state index in [9.17, 15) is 5.11 Å². The van der Waals surface area contributed by atoms with Crippen molar-refractivity contribution in [3.05, 3.63) is 41.1 Å². The van der Waals surface area contributed by atoms with Gasteiger partial charge in [-0.1, -0.05) is 53.7 Å². The second-order valence-corrected chi connectivity index (χ2v) is 7.78. The molecular formula is C19H28O. The Morgan fingerprint density at radius 2 is 1.75 bits per heavy atom. The molecule has 1 nitrogen and oxygen atoms in total. The molecule has 1 heteroatoms. The third-order valence-corrected chi connectivity index (χ3v) is 3.01. The van der Waals surface area contributed by atoms with E-state index < -0.39 is 0 Å². The Labute approximate surface area is 124 Å². The Hall–Kier alpha value is -1.46. The molecule has 1 N–H and O–H groups in total. The topological polar surface area (TPSA) is 20.2 Å². The largest absolute Gasteiger partial charge is 0.507 e. The van der Waals surface area contributed by atoms with Gasteiger partial charge in [-0.05, 0) is 47.5 Å². The highest BCUT2D eigenvalue weighted by atomic mass is 16.3. The number of hydrogen-bond acceptors (Lipinski definition) is 1. The van der Waals surface area contributed by atoms with Crippen molar-refractivity contribution in [1.29, 1.82) is 0 Å². The average Bonchev–Trinajstić information content (AvgIpc) is 2.26. The first-order valence-electron chi connectivity index (χ1n) is 7.32. The van der Waals surface area contributed by atoms with Crippen LogP contribution in [0.4, 0.5) is 0 Å². The summed E-state index contributed by atoms with van der Waals surface area (Å²) in [6, 6.07) is 5.93. The minimum Gasteiger partial charge on any atom is -0.507 e. The second kappa shape index (κ2) is 6.33. The van der Waals surface area contributed by atoms with Crippen molar-refractivity contribution in [2.24, 2.45) is 10.8 Å². The zero-order valence-electron chi connectivity index (χ0n) is 13.7. The fourth-order valence-electron chi connectivity index (χ4n) is 1.77. The van der Waals surface area contributed by atoms with Crippen molar-refractivity contribution < 1.29 is 5.11 Å². The molecule has 0 saturated carbocycles. The maximum absolute atomic E-state index is 10.1. The second-order valence-electron chi connectivity index (χ2n) is 7.78. The number of hydrogen-bond donors (Lipinski definition) is 1. The average molecular weight is 272 g/mol. The third kappa shape index (κ3) is 6.63. The first kappa shape index (κ1) is 16.6. The SMILES string of the molecule is CC(C)(C)C=C=Cc1ccc(CCC(C)(C)C)cc1O. The quantitative estimate of drug-likeness (QED) is 0.712. The van der Waals surface area contributed by atoms with Crippen LogP contribution >= 0.6 is 0 Å². The predicted molar refractivity (Wildman–Crippen MR) is 87.9 cm³/mol. The van der Waals surface area contributed by atoms with Gasteiger partial charge in [0.1, 0.15) is 5.75 Å².